The molecule has 4 aromatic rings. The topological polar surface area (TPSA) is 65.7 Å². The molecule has 2 heterocycles. The average Bonchev–Trinajstić information content (AvgIpc) is 3.25. The van der Waals surface area contributed by atoms with Crippen molar-refractivity contribution in [1.29, 1.82) is 0 Å². The van der Waals surface area contributed by atoms with E-state index in [1.807, 2.05) is 72.8 Å². The number of aromatic nitrogens is 3. The molecule has 0 saturated carbocycles. The molecule has 0 aliphatic carbocycles. The number of ether oxygens (including phenoxy) is 2. The van der Waals surface area contributed by atoms with Crippen LogP contribution in [0, 0.1) is 0 Å². The highest BCUT2D eigenvalue weighted by Crippen LogP contribution is 2.30. The molecule has 0 radical (unpaired) electrons. The van der Waals surface area contributed by atoms with Crippen molar-refractivity contribution in [3.8, 4) is 5.75 Å². The average molecular weight is 399 g/mol. The molecule has 0 unspecified atom stereocenters. The fourth-order valence-electron chi connectivity index (χ4n) is 3.10. The third-order valence-corrected chi connectivity index (χ3v) is 4.51. The summed E-state index contributed by atoms with van der Waals surface area (Å²) in [5.74, 6) is -0.0708. The summed E-state index contributed by atoms with van der Waals surface area (Å²) in [5.41, 5.74) is 3.39. The summed E-state index contributed by atoms with van der Waals surface area (Å²) < 4.78 is 13.0. The zero-order chi connectivity index (χ0) is 20.8. The molecule has 0 saturated heterocycles. The van der Waals surface area contributed by atoms with Crippen molar-refractivity contribution in [3.63, 3.8) is 0 Å². The smallest absolute Gasteiger partial charge is 0.345 e. The first-order chi connectivity index (χ1) is 14.8. The highest BCUT2D eigenvalue weighted by atomic mass is 16.5. The number of pyridine rings is 1. The lowest BCUT2D eigenvalue weighted by atomic mass is 10.1. The predicted octanol–water partition coefficient (Wildman–Crippen LogP) is 4.66. The number of benzene rings is 2. The second-order valence-electron chi connectivity index (χ2n) is 6.56. The second-order valence-corrected chi connectivity index (χ2v) is 6.56. The van der Waals surface area contributed by atoms with Crippen molar-refractivity contribution >= 4 is 23.8 Å². The molecule has 6 heteroatoms. The monoisotopic (exact) mass is 399 g/mol. The van der Waals surface area contributed by atoms with Crippen molar-refractivity contribution in [1.82, 2.24) is 14.6 Å². The summed E-state index contributed by atoms with van der Waals surface area (Å²) in [7, 11) is 0. The Morgan fingerprint density at radius 2 is 1.77 bits per heavy atom. The van der Waals surface area contributed by atoms with Crippen LogP contribution >= 0.6 is 0 Å². The van der Waals surface area contributed by atoms with Crippen LogP contribution in [-0.4, -0.2) is 27.2 Å². The van der Waals surface area contributed by atoms with Crippen LogP contribution < -0.4 is 4.74 Å². The zero-order valence-corrected chi connectivity index (χ0v) is 16.6. The van der Waals surface area contributed by atoms with E-state index in [1.54, 1.807) is 17.6 Å². The maximum Gasteiger partial charge on any atom is 0.345 e. The Kier molecular flexibility index (Phi) is 5.85. The normalized spacial score (nSPS) is 11.1. The summed E-state index contributed by atoms with van der Waals surface area (Å²) in [4.78, 5) is 17.1. The van der Waals surface area contributed by atoms with Crippen LogP contribution in [0.4, 0.5) is 0 Å². The zero-order valence-electron chi connectivity index (χ0n) is 16.6. The van der Waals surface area contributed by atoms with Gasteiger partial charge in [-0.25, -0.2) is 14.3 Å². The Labute approximate surface area is 174 Å². The van der Waals surface area contributed by atoms with Crippen LogP contribution in [0.5, 0.6) is 5.75 Å². The highest BCUT2D eigenvalue weighted by Gasteiger charge is 2.23. The molecular weight excluding hydrogens is 378 g/mol. The highest BCUT2D eigenvalue weighted by molar-refractivity contribution is 6.00. The van der Waals surface area contributed by atoms with E-state index < -0.39 is 5.97 Å². The van der Waals surface area contributed by atoms with E-state index in [-0.39, 0.29) is 12.2 Å². The number of nitrogens with zero attached hydrogens (tertiary/aromatic N) is 3. The van der Waals surface area contributed by atoms with Crippen LogP contribution in [-0.2, 0) is 11.3 Å². The molecule has 150 valence electrons. The molecule has 0 amide bonds. The van der Waals surface area contributed by atoms with Gasteiger partial charge in [-0.2, -0.15) is 5.10 Å². The Morgan fingerprint density at radius 1 is 1.03 bits per heavy atom. The van der Waals surface area contributed by atoms with Crippen LogP contribution in [0.25, 0.3) is 17.8 Å². The number of carbonyl (C=O) groups is 1. The molecule has 0 atom stereocenters. The van der Waals surface area contributed by atoms with Crippen molar-refractivity contribution in [2.24, 2.45) is 0 Å². The van der Waals surface area contributed by atoms with E-state index in [1.165, 1.54) is 6.33 Å². The van der Waals surface area contributed by atoms with Gasteiger partial charge in [-0.1, -0.05) is 66.7 Å². The molecule has 0 spiro atoms. The molecular formula is C24H21N3O3. The van der Waals surface area contributed by atoms with E-state index in [0.29, 0.717) is 23.6 Å². The van der Waals surface area contributed by atoms with Crippen molar-refractivity contribution in [2.45, 2.75) is 13.5 Å². The third-order valence-electron chi connectivity index (χ3n) is 4.51. The maximum absolute atomic E-state index is 12.8. The SMILES string of the molecule is CCOC(=O)c1c(OCc2ccccc2)c(/C=C/c2ccccc2)cn2ncnc12. The van der Waals surface area contributed by atoms with Gasteiger partial charge in [0.1, 0.15) is 24.2 Å². The summed E-state index contributed by atoms with van der Waals surface area (Å²) >= 11 is 0. The van der Waals surface area contributed by atoms with Gasteiger partial charge in [0.25, 0.3) is 0 Å². The molecule has 30 heavy (non-hydrogen) atoms. The van der Waals surface area contributed by atoms with Crippen molar-refractivity contribution < 1.29 is 14.3 Å². The van der Waals surface area contributed by atoms with Crippen LogP contribution in [0.3, 0.4) is 0 Å². The van der Waals surface area contributed by atoms with E-state index in [2.05, 4.69) is 10.1 Å². The lowest BCUT2D eigenvalue weighted by Gasteiger charge is -2.15. The minimum Gasteiger partial charge on any atom is -0.487 e. The fraction of sp³-hybridized carbons (Fsp3) is 0.125. The van der Waals surface area contributed by atoms with Crippen LogP contribution in [0.15, 0.2) is 73.2 Å². The molecule has 2 aromatic heterocycles. The molecule has 0 bridgehead atoms. The Balaban J connectivity index is 1.81. The minimum absolute atomic E-state index is 0.251. The number of hydrogen-bond acceptors (Lipinski definition) is 5. The number of esters is 1. The lowest BCUT2D eigenvalue weighted by molar-refractivity contribution is 0.0522. The van der Waals surface area contributed by atoms with Crippen LogP contribution in [0.1, 0.15) is 34.0 Å². The Hall–Kier alpha value is -3.93. The summed E-state index contributed by atoms with van der Waals surface area (Å²) in [6.45, 7) is 2.33. The van der Waals surface area contributed by atoms with Gasteiger partial charge in [-0.15, -0.1) is 0 Å². The molecule has 4 rings (SSSR count). The summed E-state index contributed by atoms with van der Waals surface area (Å²) in [5, 5.41) is 4.21. The molecule has 0 N–H and O–H groups in total. The lowest BCUT2D eigenvalue weighted by Crippen LogP contribution is -2.12. The summed E-state index contributed by atoms with van der Waals surface area (Å²) in [6, 6.07) is 19.7. The standard InChI is InChI=1S/C24H21N3O3/c1-2-29-24(28)21-22(30-16-19-11-7-4-8-12-19)20(15-27-23(21)25-17-26-27)14-13-18-9-5-3-6-10-18/h3-15,17H,2,16H2,1H3/b14-13+. The molecule has 0 aliphatic heterocycles. The van der Waals surface area contributed by atoms with E-state index >= 15 is 0 Å². The first-order valence-electron chi connectivity index (χ1n) is 9.69. The number of carbonyl (C=O) groups excluding carboxylic acids is 1. The first kappa shape index (κ1) is 19.4. The first-order valence-corrected chi connectivity index (χ1v) is 9.69. The number of rotatable bonds is 7. The van der Waals surface area contributed by atoms with E-state index in [0.717, 1.165) is 11.1 Å². The van der Waals surface area contributed by atoms with Gasteiger partial charge in [-0.3, -0.25) is 0 Å². The van der Waals surface area contributed by atoms with Gasteiger partial charge in [0.15, 0.2) is 5.65 Å². The quantitative estimate of drug-likeness (QED) is 0.423. The fourth-order valence-corrected chi connectivity index (χ4v) is 3.10. The van der Waals surface area contributed by atoms with Crippen molar-refractivity contribution in [2.75, 3.05) is 6.61 Å². The predicted molar refractivity (Wildman–Crippen MR) is 115 cm³/mol. The van der Waals surface area contributed by atoms with Gasteiger partial charge in [-0.05, 0) is 24.1 Å². The second kappa shape index (κ2) is 9.05. The van der Waals surface area contributed by atoms with Crippen LogP contribution in [0.2, 0.25) is 0 Å². The summed E-state index contributed by atoms with van der Waals surface area (Å²) in [6.07, 6.45) is 7.07. The maximum atomic E-state index is 12.8. The van der Waals surface area contributed by atoms with E-state index in [4.69, 9.17) is 9.47 Å². The molecule has 0 fully saturated rings. The number of fused-ring (bicyclic) bond motifs is 1. The minimum atomic E-state index is -0.492. The van der Waals surface area contributed by atoms with Gasteiger partial charge < -0.3 is 9.47 Å². The van der Waals surface area contributed by atoms with Gasteiger partial charge in [0.2, 0.25) is 0 Å². The Morgan fingerprint density at radius 3 is 2.50 bits per heavy atom. The van der Waals surface area contributed by atoms with Gasteiger partial charge in [0.05, 0.1) is 6.61 Å². The molecule has 2 aromatic carbocycles. The molecule has 6 nitrogen and oxygen atoms in total. The van der Waals surface area contributed by atoms with Gasteiger partial charge >= 0.3 is 5.97 Å². The number of hydrogen-bond donors (Lipinski definition) is 0. The van der Waals surface area contributed by atoms with Crippen molar-refractivity contribution in [3.05, 3.63) is 95.4 Å². The van der Waals surface area contributed by atoms with Gasteiger partial charge in [0, 0.05) is 11.8 Å². The molecule has 0 aliphatic rings. The third kappa shape index (κ3) is 4.22. The van der Waals surface area contributed by atoms with E-state index in [9.17, 15) is 4.79 Å². The Bertz CT molecular complexity index is 1170. The largest absolute Gasteiger partial charge is 0.487 e.